The van der Waals surface area contributed by atoms with Crippen molar-refractivity contribution in [3.05, 3.63) is 54.5 Å². The van der Waals surface area contributed by atoms with E-state index in [9.17, 15) is 4.79 Å². The van der Waals surface area contributed by atoms with E-state index in [1.807, 2.05) is 49.4 Å². The van der Waals surface area contributed by atoms with Crippen LogP contribution in [0.15, 0.2) is 48.8 Å². The third kappa shape index (κ3) is 4.14. The Morgan fingerprint density at radius 3 is 2.85 bits per heavy atom. The molecule has 1 amide bonds. The topological polar surface area (TPSA) is 71.0 Å². The molecule has 1 atom stereocenters. The van der Waals surface area contributed by atoms with Crippen molar-refractivity contribution < 1.29 is 4.79 Å². The number of hydrogen-bond acceptors (Lipinski definition) is 6. The maximum absolute atomic E-state index is 12.7. The number of benzene rings is 1. The van der Waals surface area contributed by atoms with Crippen molar-refractivity contribution in [3.8, 4) is 11.3 Å². The smallest absolute Gasteiger partial charge is 0.229 e. The lowest BCUT2D eigenvalue weighted by molar-refractivity contribution is -0.120. The molecule has 1 aliphatic rings. The van der Waals surface area contributed by atoms with Gasteiger partial charge in [-0.2, -0.15) is 4.37 Å². The summed E-state index contributed by atoms with van der Waals surface area (Å²) in [6, 6.07) is 14.0. The summed E-state index contributed by atoms with van der Waals surface area (Å²) < 4.78 is 4.22. The van der Waals surface area contributed by atoms with E-state index in [1.54, 1.807) is 6.33 Å². The van der Waals surface area contributed by atoms with E-state index in [4.69, 9.17) is 0 Å². The molecule has 2 aromatic heterocycles. The van der Waals surface area contributed by atoms with Crippen LogP contribution < -0.4 is 10.2 Å². The lowest BCUT2D eigenvalue weighted by Gasteiger charge is -2.32. The highest BCUT2D eigenvalue weighted by Gasteiger charge is 2.27. The second-order valence-corrected chi connectivity index (χ2v) is 7.54. The minimum Gasteiger partial charge on any atom is -0.356 e. The molecule has 7 heteroatoms. The first-order valence-electron chi connectivity index (χ1n) is 9.05. The highest BCUT2D eigenvalue weighted by atomic mass is 32.1. The molecule has 1 aromatic carbocycles. The molecule has 0 spiro atoms. The predicted octanol–water partition coefficient (Wildman–Crippen LogP) is 3.76. The van der Waals surface area contributed by atoms with Crippen LogP contribution in [0.5, 0.6) is 0 Å². The Morgan fingerprint density at radius 2 is 2.07 bits per heavy atom. The van der Waals surface area contributed by atoms with Gasteiger partial charge in [0.05, 0.1) is 17.3 Å². The fourth-order valence-electron chi connectivity index (χ4n) is 3.33. The van der Waals surface area contributed by atoms with Crippen LogP contribution in [0.25, 0.3) is 11.3 Å². The number of hydrogen-bond donors (Lipinski definition) is 1. The van der Waals surface area contributed by atoms with Crippen LogP contribution in [0.1, 0.15) is 18.5 Å². The zero-order chi connectivity index (χ0) is 18.6. The summed E-state index contributed by atoms with van der Waals surface area (Å²) in [6.45, 7) is 3.48. The number of carbonyl (C=O) groups is 1. The van der Waals surface area contributed by atoms with Crippen molar-refractivity contribution in [2.24, 2.45) is 5.92 Å². The van der Waals surface area contributed by atoms with E-state index in [2.05, 4.69) is 24.6 Å². The van der Waals surface area contributed by atoms with Gasteiger partial charge in [0.1, 0.15) is 17.1 Å². The lowest BCUT2D eigenvalue weighted by Crippen LogP contribution is -2.41. The summed E-state index contributed by atoms with van der Waals surface area (Å²) in [4.78, 5) is 23.7. The third-order valence-corrected chi connectivity index (χ3v) is 5.51. The molecule has 3 aromatic rings. The number of aromatic nitrogens is 3. The standard InChI is InChI=1S/C20H21N5OS/c1-14-10-19(27-24-14)23-20(26)16-8-5-9-25(12-16)18-11-17(21-13-22-18)15-6-3-2-4-7-15/h2-4,6-7,10-11,13,16H,5,8-9,12H2,1H3,(H,23,26). The fourth-order valence-corrected chi connectivity index (χ4v) is 4.00. The average molecular weight is 379 g/mol. The van der Waals surface area contributed by atoms with Gasteiger partial charge in [-0.3, -0.25) is 4.79 Å². The monoisotopic (exact) mass is 379 g/mol. The van der Waals surface area contributed by atoms with E-state index in [-0.39, 0.29) is 11.8 Å². The molecule has 27 heavy (non-hydrogen) atoms. The van der Waals surface area contributed by atoms with Crippen LogP contribution in [-0.2, 0) is 4.79 Å². The number of anilines is 2. The molecule has 3 heterocycles. The molecular formula is C20H21N5OS. The van der Waals surface area contributed by atoms with Crippen molar-refractivity contribution in [1.29, 1.82) is 0 Å². The molecule has 6 nitrogen and oxygen atoms in total. The van der Waals surface area contributed by atoms with Crippen molar-refractivity contribution in [1.82, 2.24) is 14.3 Å². The van der Waals surface area contributed by atoms with E-state index in [0.717, 1.165) is 47.2 Å². The summed E-state index contributed by atoms with van der Waals surface area (Å²) in [6.07, 6.45) is 3.45. The zero-order valence-electron chi connectivity index (χ0n) is 15.1. The van der Waals surface area contributed by atoms with Crippen molar-refractivity contribution in [3.63, 3.8) is 0 Å². The minimum absolute atomic E-state index is 0.0562. The second-order valence-electron chi connectivity index (χ2n) is 6.73. The van der Waals surface area contributed by atoms with Gasteiger partial charge < -0.3 is 10.2 Å². The minimum atomic E-state index is -0.0590. The van der Waals surface area contributed by atoms with E-state index < -0.39 is 0 Å². The van der Waals surface area contributed by atoms with E-state index in [1.165, 1.54) is 11.5 Å². The molecule has 1 fully saturated rings. The third-order valence-electron chi connectivity index (χ3n) is 4.71. The Bertz CT molecular complexity index is 927. The van der Waals surface area contributed by atoms with Gasteiger partial charge in [0.15, 0.2) is 0 Å². The number of carbonyl (C=O) groups excluding carboxylic acids is 1. The molecular weight excluding hydrogens is 358 g/mol. The summed E-state index contributed by atoms with van der Waals surface area (Å²) >= 11 is 1.32. The van der Waals surface area contributed by atoms with Crippen molar-refractivity contribution >= 4 is 28.3 Å². The Kier molecular flexibility index (Phi) is 5.11. The molecule has 1 saturated heterocycles. The number of amides is 1. The summed E-state index contributed by atoms with van der Waals surface area (Å²) in [5.74, 6) is 0.868. The van der Waals surface area contributed by atoms with Crippen LogP contribution >= 0.6 is 11.5 Å². The Balaban J connectivity index is 1.47. The summed E-state index contributed by atoms with van der Waals surface area (Å²) in [5.41, 5.74) is 2.88. The molecule has 1 N–H and O–H groups in total. The summed E-state index contributed by atoms with van der Waals surface area (Å²) in [7, 11) is 0. The van der Waals surface area contributed by atoms with Gasteiger partial charge in [-0.05, 0) is 37.4 Å². The highest BCUT2D eigenvalue weighted by molar-refractivity contribution is 7.10. The maximum Gasteiger partial charge on any atom is 0.229 e. The zero-order valence-corrected chi connectivity index (χ0v) is 15.9. The molecule has 138 valence electrons. The Hall–Kier alpha value is -2.80. The van der Waals surface area contributed by atoms with Gasteiger partial charge in [-0.15, -0.1) is 0 Å². The Labute approximate surface area is 162 Å². The van der Waals surface area contributed by atoms with Crippen LogP contribution in [0.3, 0.4) is 0 Å². The Morgan fingerprint density at radius 1 is 1.22 bits per heavy atom. The normalized spacial score (nSPS) is 16.9. The quantitative estimate of drug-likeness (QED) is 0.747. The number of nitrogens with zero attached hydrogens (tertiary/aromatic N) is 4. The van der Waals surface area contributed by atoms with Crippen molar-refractivity contribution in [2.75, 3.05) is 23.3 Å². The van der Waals surface area contributed by atoms with Crippen molar-refractivity contribution in [2.45, 2.75) is 19.8 Å². The van der Waals surface area contributed by atoms with Gasteiger partial charge in [0.25, 0.3) is 0 Å². The first-order chi connectivity index (χ1) is 13.2. The first kappa shape index (κ1) is 17.6. The van der Waals surface area contributed by atoms with Gasteiger partial charge in [-0.1, -0.05) is 30.3 Å². The van der Waals surface area contributed by atoms with Gasteiger partial charge >= 0.3 is 0 Å². The molecule has 0 saturated carbocycles. The SMILES string of the molecule is Cc1cc(NC(=O)C2CCCN(c3cc(-c4ccccc4)ncn3)C2)sn1. The lowest BCUT2D eigenvalue weighted by atomic mass is 9.97. The van der Waals surface area contributed by atoms with Gasteiger partial charge in [0, 0.05) is 24.7 Å². The van der Waals surface area contributed by atoms with E-state index >= 15 is 0 Å². The molecule has 0 radical (unpaired) electrons. The van der Waals surface area contributed by atoms with Gasteiger partial charge in [0.2, 0.25) is 5.91 Å². The highest BCUT2D eigenvalue weighted by Crippen LogP contribution is 2.26. The number of rotatable bonds is 4. The molecule has 1 aliphatic heterocycles. The number of piperidine rings is 1. The molecule has 0 bridgehead atoms. The predicted molar refractivity (Wildman–Crippen MR) is 108 cm³/mol. The average Bonchev–Trinajstić information content (AvgIpc) is 3.13. The van der Waals surface area contributed by atoms with Crippen LogP contribution in [0.2, 0.25) is 0 Å². The number of aryl methyl sites for hydroxylation is 1. The number of nitrogens with one attached hydrogen (secondary N) is 1. The molecule has 4 rings (SSSR count). The fraction of sp³-hybridized carbons (Fsp3) is 0.300. The van der Waals surface area contributed by atoms with E-state index in [0.29, 0.717) is 6.54 Å². The maximum atomic E-state index is 12.7. The van der Waals surface area contributed by atoms with Crippen LogP contribution in [0.4, 0.5) is 10.8 Å². The largest absolute Gasteiger partial charge is 0.356 e. The van der Waals surface area contributed by atoms with Crippen LogP contribution in [0, 0.1) is 12.8 Å². The van der Waals surface area contributed by atoms with Crippen LogP contribution in [-0.4, -0.2) is 33.3 Å². The second kappa shape index (κ2) is 7.84. The summed E-state index contributed by atoms with van der Waals surface area (Å²) in [5, 5.41) is 3.81. The first-order valence-corrected chi connectivity index (χ1v) is 9.83. The van der Waals surface area contributed by atoms with Gasteiger partial charge in [-0.25, -0.2) is 9.97 Å². The molecule has 0 aliphatic carbocycles. The molecule has 1 unspecified atom stereocenters.